The van der Waals surface area contributed by atoms with E-state index in [9.17, 15) is 0 Å². The highest BCUT2D eigenvalue weighted by Crippen LogP contribution is 2.30. The predicted octanol–water partition coefficient (Wildman–Crippen LogP) is 4.21. The number of hydrazine groups is 1. The fraction of sp³-hybridized carbons (Fsp3) is 0.214. The van der Waals surface area contributed by atoms with Gasteiger partial charge in [0.1, 0.15) is 5.75 Å². The van der Waals surface area contributed by atoms with Gasteiger partial charge in [0.25, 0.3) is 0 Å². The number of hydrogen-bond donors (Lipinski definition) is 3. The summed E-state index contributed by atoms with van der Waals surface area (Å²) in [5, 5.41) is 3.87. The molecule has 112 valence electrons. The summed E-state index contributed by atoms with van der Waals surface area (Å²) in [5.41, 5.74) is 3.25. The highest BCUT2D eigenvalue weighted by Gasteiger charge is 2.09. The van der Waals surface area contributed by atoms with E-state index in [1.165, 1.54) is 0 Å². The molecule has 0 spiro atoms. The van der Waals surface area contributed by atoms with Crippen LogP contribution in [0.5, 0.6) is 5.75 Å². The van der Waals surface area contributed by atoms with Crippen molar-refractivity contribution < 1.29 is 4.74 Å². The van der Waals surface area contributed by atoms with Crippen LogP contribution in [-0.4, -0.2) is 11.6 Å². The van der Waals surface area contributed by atoms with Crippen molar-refractivity contribution in [3.63, 3.8) is 0 Å². The molecule has 21 heavy (non-hydrogen) atoms. The highest BCUT2D eigenvalue weighted by atomic mass is 35.5. The van der Waals surface area contributed by atoms with Crippen molar-refractivity contribution in [2.24, 2.45) is 5.84 Å². The second-order valence-corrected chi connectivity index (χ2v) is 5.11. The number of nitrogens with one attached hydrogen (secondary N) is 2. The van der Waals surface area contributed by atoms with Gasteiger partial charge in [-0.2, -0.15) is 0 Å². The van der Waals surface area contributed by atoms with E-state index in [0.717, 1.165) is 17.9 Å². The lowest BCUT2D eigenvalue weighted by atomic mass is 10.3. The van der Waals surface area contributed by atoms with Crippen LogP contribution in [0.25, 0.3) is 0 Å². The van der Waals surface area contributed by atoms with Crippen molar-refractivity contribution in [1.82, 2.24) is 4.98 Å². The number of ether oxygens (including phenoxy) is 1. The first-order chi connectivity index (χ1) is 10.1. The van der Waals surface area contributed by atoms with Gasteiger partial charge in [-0.15, -0.1) is 0 Å². The number of aromatic nitrogens is 1. The van der Waals surface area contributed by atoms with Gasteiger partial charge in [0.15, 0.2) is 11.6 Å². The first kappa shape index (κ1) is 15.7. The summed E-state index contributed by atoms with van der Waals surface area (Å²) in [4.78, 5) is 4.22. The number of pyridine rings is 1. The second kappa shape index (κ2) is 7.36. The van der Waals surface area contributed by atoms with Gasteiger partial charge in [0, 0.05) is 5.69 Å². The average molecular weight is 327 g/mol. The van der Waals surface area contributed by atoms with Crippen LogP contribution >= 0.6 is 23.2 Å². The lowest BCUT2D eigenvalue weighted by Crippen LogP contribution is -2.10. The number of nitrogen functional groups attached to an aromatic ring is 1. The van der Waals surface area contributed by atoms with Gasteiger partial charge in [-0.05, 0) is 36.8 Å². The minimum Gasteiger partial charge on any atom is -0.494 e. The van der Waals surface area contributed by atoms with Crippen LogP contribution in [-0.2, 0) is 0 Å². The van der Waals surface area contributed by atoms with E-state index >= 15 is 0 Å². The highest BCUT2D eigenvalue weighted by molar-refractivity contribution is 6.37. The Morgan fingerprint density at radius 1 is 1.14 bits per heavy atom. The van der Waals surface area contributed by atoms with Crippen molar-refractivity contribution in [2.75, 3.05) is 17.3 Å². The molecule has 0 bridgehead atoms. The molecule has 0 aliphatic heterocycles. The Hall–Kier alpha value is -1.69. The zero-order chi connectivity index (χ0) is 15.2. The van der Waals surface area contributed by atoms with Crippen molar-refractivity contribution in [3.05, 3.63) is 40.4 Å². The van der Waals surface area contributed by atoms with E-state index in [1.54, 1.807) is 6.07 Å². The van der Waals surface area contributed by atoms with E-state index < -0.39 is 0 Å². The summed E-state index contributed by atoms with van der Waals surface area (Å²) in [6.07, 6.45) is 0.971. The van der Waals surface area contributed by atoms with E-state index in [0.29, 0.717) is 28.3 Å². The van der Waals surface area contributed by atoms with E-state index in [4.69, 9.17) is 33.8 Å². The first-order valence-corrected chi connectivity index (χ1v) is 7.22. The molecular weight excluding hydrogens is 311 g/mol. The van der Waals surface area contributed by atoms with Gasteiger partial charge in [-0.25, -0.2) is 10.8 Å². The Labute approximate surface area is 133 Å². The van der Waals surface area contributed by atoms with E-state index in [1.807, 2.05) is 24.3 Å². The molecule has 2 aromatic rings. The molecule has 0 unspecified atom stereocenters. The second-order valence-electron chi connectivity index (χ2n) is 4.29. The van der Waals surface area contributed by atoms with Crippen molar-refractivity contribution in [1.29, 1.82) is 0 Å². The number of hydrogen-bond acceptors (Lipinski definition) is 5. The van der Waals surface area contributed by atoms with Crippen LogP contribution < -0.4 is 21.3 Å². The third kappa shape index (κ3) is 4.14. The van der Waals surface area contributed by atoms with E-state index in [2.05, 4.69) is 22.7 Å². The van der Waals surface area contributed by atoms with Crippen molar-refractivity contribution >= 4 is 40.5 Å². The number of rotatable bonds is 6. The summed E-state index contributed by atoms with van der Waals surface area (Å²) >= 11 is 12.0. The molecule has 1 aromatic heterocycles. The quantitative estimate of drug-likeness (QED) is 0.548. The maximum atomic E-state index is 6.11. The maximum Gasteiger partial charge on any atom is 0.161 e. The van der Waals surface area contributed by atoms with Crippen LogP contribution in [0, 0.1) is 0 Å². The number of halogens is 2. The minimum absolute atomic E-state index is 0.353. The number of benzene rings is 1. The Bertz CT molecular complexity index is 605. The zero-order valence-corrected chi connectivity index (χ0v) is 13.0. The Morgan fingerprint density at radius 3 is 2.43 bits per heavy atom. The molecule has 0 saturated carbocycles. The number of nitrogens with zero attached hydrogens (tertiary/aromatic N) is 1. The molecule has 4 N–H and O–H groups in total. The Morgan fingerprint density at radius 2 is 1.81 bits per heavy atom. The van der Waals surface area contributed by atoms with Crippen LogP contribution in [0.1, 0.15) is 13.3 Å². The molecule has 0 aliphatic rings. The normalized spacial score (nSPS) is 10.3. The molecule has 1 aromatic carbocycles. The topological polar surface area (TPSA) is 72.2 Å². The summed E-state index contributed by atoms with van der Waals surface area (Å²) in [6, 6.07) is 9.10. The molecule has 0 aliphatic carbocycles. The van der Waals surface area contributed by atoms with Crippen molar-refractivity contribution in [2.45, 2.75) is 13.3 Å². The van der Waals surface area contributed by atoms with Crippen LogP contribution in [0.2, 0.25) is 10.0 Å². The SMILES string of the molecule is CCCOc1ccc(Nc2nc(NN)c(Cl)cc2Cl)cc1. The Kier molecular flexibility index (Phi) is 5.50. The summed E-state index contributed by atoms with van der Waals surface area (Å²) in [6.45, 7) is 2.76. The maximum absolute atomic E-state index is 6.11. The largest absolute Gasteiger partial charge is 0.494 e. The molecular formula is C14H16Cl2N4O. The van der Waals surface area contributed by atoms with Crippen LogP contribution in [0.3, 0.4) is 0 Å². The van der Waals surface area contributed by atoms with Crippen molar-refractivity contribution in [3.8, 4) is 5.75 Å². The smallest absolute Gasteiger partial charge is 0.161 e. The molecule has 0 saturated heterocycles. The third-order valence-electron chi connectivity index (χ3n) is 2.66. The molecule has 7 heteroatoms. The molecule has 2 rings (SSSR count). The van der Waals surface area contributed by atoms with Gasteiger partial charge < -0.3 is 15.5 Å². The third-order valence-corrected chi connectivity index (χ3v) is 3.23. The fourth-order valence-corrected chi connectivity index (χ4v) is 2.11. The lowest BCUT2D eigenvalue weighted by molar-refractivity contribution is 0.317. The number of nitrogens with two attached hydrogens (primary N) is 1. The average Bonchev–Trinajstić information content (AvgIpc) is 2.49. The zero-order valence-electron chi connectivity index (χ0n) is 11.5. The summed E-state index contributed by atoms with van der Waals surface area (Å²) in [5.74, 6) is 6.99. The first-order valence-electron chi connectivity index (χ1n) is 6.46. The molecule has 0 fully saturated rings. The summed E-state index contributed by atoms with van der Waals surface area (Å²) < 4.78 is 5.52. The summed E-state index contributed by atoms with van der Waals surface area (Å²) in [7, 11) is 0. The molecule has 5 nitrogen and oxygen atoms in total. The molecule has 0 amide bonds. The standard InChI is InChI=1S/C14H16Cl2N4O/c1-2-7-21-10-5-3-9(4-6-10)18-13-11(15)8-12(16)14(19-13)20-17/h3-6,8H,2,7,17H2,1H3,(H2,18,19,20). The van der Waals surface area contributed by atoms with Gasteiger partial charge in [0.2, 0.25) is 0 Å². The lowest BCUT2D eigenvalue weighted by Gasteiger charge is -2.11. The monoisotopic (exact) mass is 326 g/mol. The van der Waals surface area contributed by atoms with Gasteiger partial charge in [-0.3, -0.25) is 0 Å². The molecule has 0 radical (unpaired) electrons. The van der Waals surface area contributed by atoms with Gasteiger partial charge in [0.05, 0.1) is 16.7 Å². The van der Waals surface area contributed by atoms with Crippen LogP contribution in [0.4, 0.5) is 17.3 Å². The van der Waals surface area contributed by atoms with E-state index in [-0.39, 0.29) is 0 Å². The minimum atomic E-state index is 0.353. The number of anilines is 3. The van der Waals surface area contributed by atoms with Gasteiger partial charge in [-0.1, -0.05) is 30.1 Å². The van der Waals surface area contributed by atoms with Gasteiger partial charge >= 0.3 is 0 Å². The van der Waals surface area contributed by atoms with Crippen LogP contribution in [0.15, 0.2) is 30.3 Å². The molecule has 0 atom stereocenters. The fourth-order valence-electron chi connectivity index (χ4n) is 1.65. The Balaban J connectivity index is 2.14. The molecule has 1 heterocycles. The predicted molar refractivity (Wildman–Crippen MR) is 87.6 cm³/mol.